The van der Waals surface area contributed by atoms with Crippen molar-refractivity contribution in [2.75, 3.05) is 13.1 Å². The van der Waals surface area contributed by atoms with Crippen molar-refractivity contribution in [1.82, 2.24) is 24.6 Å². The summed E-state index contributed by atoms with van der Waals surface area (Å²) in [6.45, 7) is 1.43. The number of nitrogens with zero attached hydrogens (tertiary/aromatic N) is 4. The Hall–Kier alpha value is -2.45. The average Bonchev–Trinajstić information content (AvgIpc) is 3.47. The number of imidazole rings is 1. The fourth-order valence-electron chi connectivity index (χ4n) is 4.52. The van der Waals surface area contributed by atoms with Crippen LogP contribution in [0.4, 0.5) is 0 Å². The van der Waals surface area contributed by atoms with E-state index in [1.807, 2.05) is 38.6 Å². The molecule has 0 radical (unpaired) electrons. The van der Waals surface area contributed by atoms with Crippen LogP contribution in [-0.4, -0.2) is 54.9 Å². The maximum absolute atomic E-state index is 12.9. The highest BCUT2D eigenvalue weighted by atomic mass is 32.1. The number of aromatic amines is 1. The van der Waals surface area contributed by atoms with Gasteiger partial charge in [-0.1, -0.05) is 0 Å². The van der Waals surface area contributed by atoms with Crippen LogP contribution in [0.2, 0.25) is 0 Å². The van der Waals surface area contributed by atoms with Gasteiger partial charge in [0.2, 0.25) is 0 Å². The van der Waals surface area contributed by atoms with Gasteiger partial charge in [-0.25, -0.2) is 4.98 Å². The van der Waals surface area contributed by atoms with E-state index >= 15 is 0 Å². The number of thiophene rings is 1. The largest absolute Gasteiger partial charge is 0.391 e. The smallest absolute Gasteiger partial charge is 0.271 e. The van der Waals surface area contributed by atoms with Crippen LogP contribution >= 0.6 is 11.3 Å². The predicted molar refractivity (Wildman–Crippen MR) is 101 cm³/mol. The quantitative estimate of drug-likeness (QED) is 0.727. The van der Waals surface area contributed by atoms with E-state index in [9.17, 15) is 9.90 Å². The molecule has 0 unspecified atom stereocenters. The summed E-state index contributed by atoms with van der Waals surface area (Å²) >= 11 is 1.61. The Bertz CT molecular complexity index is 920. The number of carbonyl (C=O) groups is 1. The van der Waals surface area contributed by atoms with Crippen molar-refractivity contribution < 1.29 is 9.90 Å². The second-order valence-electron chi connectivity index (χ2n) is 7.53. The molecule has 1 amide bonds. The zero-order valence-corrected chi connectivity index (χ0v) is 15.5. The fourth-order valence-corrected chi connectivity index (χ4v) is 5.17. The first kappa shape index (κ1) is 16.7. The van der Waals surface area contributed by atoms with E-state index in [1.165, 1.54) is 0 Å². The van der Waals surface area contributed by atoms with Crippen LogP contribution < -0.4 is 0 Å². The van der Waals surface area contributed by atoms with Crippen LogP contribution in [0.3, 0.4) is 0 Å². The molecule has 0 aromatic carbocycles. The van der Waals surface area contributed by atoms with Crippen molar-refractivity contribution in [3.05, 3.63) is 47.3 Å². The highest BCUT2D eigenvalue weighted by Gasteiger charge is 2.43. The standard InChI is InChI=1S/C19H21N5O2S/c25-18-6-14-9-24(8-13(14)5-17(18)23-3-2-20-11-23)19(26)16-7-15(21-22-16)12-1-4-27-10-12/h1-4,7,10-11,13-14,17-18,25H,5-6,8-9H2,(H,21,22)/t13-,14+,17-,18-/m1/s1. The summed E-state index contributed by atoms with van der Waals surface area (Å²) in [5.74, 6) is 0.749. The fraction of sp³-hybridized carbons (Fsp3) is 0.421. The van der Waals surface area contributed by atoms with E-state index in [-0.39, 0.29) is 11.9 Å². The van der Waals surface area contributed by atoms with E-state index in [2.05, 4.69) is 15.2 Å². The lowest BCUT2D eigenvalue weighted by molar-refractivity contribution is 0.0357. The summed E-state index contributed by atoms with van der Waals surface area (Å²) in [7, 11) is 0. The highest BCUT2D eigenvalue weighted by Crippen LogP contribution is 2.41. The maximum Gasteiger partial charge on any atom is 0.271 e. The van der Waals surface area contributed by atoms with Gasteiger partial charge < -0.3 is 14.6 Å². The van der Waals surface area contributed by atoms with E-state index < -0.39 is 6.10 Å². The van der Waals surface area contributed by atoms with E-state index in [1.54, 1.807) is 23.9 Å². The number of amides is 1. The molecule has 5 rings (SSSR count). The summed E-state index contributed by atoms with van der Waals surface area (Å²) < 4.78 is 1.99. The molecule has 1 saturated carbocycles. The minimum absolute atomic E-state index is 0.00736. The zero-order valence-electron chi connectivity index (χ0n) is 14.7. The molecule has 4 atom stereocenters. The topological polar surface area (TPSA) is 87.0 Å². The van der Waals surface area contributed by atoms with Crippen molar-refractivity contribution in [1.29, 1.82) is 0 Å². The van der Waals surface area contributed by atoms with Crippen molar-refractivity contribution in [3.63, 3.8) is 0 Å². The molecule has 2 fully saturated rings. The number of hydrogen-bond acceptors (Lipinski definition) is 5. The van der Waals surface area contributed by atoms with Crippen molar-refractivity contribution in [3.8, 4) is 11.3 Å². The molecule has 7 nitrogen and oxygen atoms in total. The van der Waals surface area contributed by atoms with Crippen LogP contribution in [0.25, 0.3) is 11.3 Å². The maximum atomic E-state index is 12.9. The van der Waals surface area contributed by atoms with Crippen molar-refractivity contribution >= 4 is 17.2 Å². The number of aliphatic hydroxyl groups excluding tert-OH is 1. The number of hydrogen-bond donors (Lipinski definition) is 2. The molecule has 1 saturated heterocycles. The summed E-state index contributed by atoms with van der Waals surface area (Å²) in [4.78, 5) is 19.0. The minimum Gasteiger partial charge on any atom is -0.391 e. The third kappa shape index (κ3) is 2.98. The molecule has 4 heterocycles. The Labute approximate surface area is 160 Å². The lowest BCUT2D eigenvalue weighted by atomic mass is 9.77. The summed E-state index contributed by atoms with van der Waals surface area (Å²) in [5.41, 5.74) is 2.35. The van der Waals surface area contributed by atoms with E-state index in [0.717, 1.165) is 30.6 Å². The normalized spacial score (nSPS) is 27.7. The number of carbonyl (C=O) groups excluding carboxylic acids is 1. The van der Waals surface area contributed by atoms with Gasteiger partial charge in [-0.15, -0.1) is 0 Å². The van der Waals surface area contributed by atoms with E-state index in [0.29, 0.717) is 24.1 Å². The monoisotopic (exact) mass is 383 g/mol. The zero-order chi connectivity index (χ0) is 18.4. The molecule has 3 aromatic heterocycles. The first-order valence-electron chi connectivity index (χ1n) is 9.22. The second kappa shape index (κ2) is 6.61. The number of fused-ring (bicyclic) bond motifs is 1. The van der Waals surface area contributed by atoms with Gasteiger partial charge in [0.15, 0.2) is 0 Å². The van der Waals surface area contributed by atoms with Crippen LogP contribution in [0.5, 0.6) is 0 Å². The van der Waals surface area contributed by atoms with Gasteiger partial charge in [-0.05, 0) is 42.2 Å². The number of aliphatic hydroxyl groups is 1. The lowest BCUT2D eigenvalue weighted by Gasteiger charge is -2.35. The van der Waals surface area contributed by atoms with Crippen molar-refractivity contribution in [2.24, 2.45) is 11.8 Å². The van der Waals surface area contributed by atoms with Gasteiger partial charge in [0.25, 0.3) is 5.91 Å². The Balaban J connectivity index is 1.30. The molecule has 140 valence electrons. The Morgan fingerprint density at radius 2 is 2.15 bits per heavy atom. The van der Waals surface area contributed by atoms with E-state index in [4.69, 9.17) is 0 Å². The third-order valence-corrected chi connectivity index (χ3v) is 6.61. The predicted octanol–water partition coefficient (Wildman–Crippen LogP) is 2.42. The summed E-state index contributed by atoms with van der Waals surface area (Å²) in [6, 6.07) is 3.87. The molecule has 1 aliphatic carbocycles. The molecular weight excluding hydrogens is 362 g/mol. The number of nitrogens with one attached hydrogen (secondary N) is 1. The molecule has 3 aromatic rings. The van der Waals surface area contributed by atoms with Crippen LogP contribution in [0.15, 0.2) is 41.6 Å². The number of H-pyrrole nitrogens is 1. The molecule has 0 spiro atoms. The second-order valence-corrected chi connectivity index (χ2v) is 8.31. The van der Waals surface area contributed by atoms with Gasteiger partial charge in [-0.3, -0.25) is 9.89 Å². The van der Waals surface area contributed by atoms with Crippen LogP contribution in [0.1, 0.15) is 29.4 Å². The molecule has 27 heavy (non-hydrogen) atoms. The molecule has 0 bridgehead atoms. The molecule has 8 heteroatoms. The number of likely N-dealkylation sites (tertiary alicyclic amines) is 1. The first-order valence-corrected chi connectivity index (χ1v) is 10.2. The van der Waals surface area contributed by atoms with Gasteiger partial charge in [0, 0.05) is 36.4 Å². The lowest BCUT2D eigenvalue weighted by Crippen LogP contribution is -2.35. The summed E-state index contributed by atoms with van der Waals surface area (Å²) in [5, 5.41) is 21.8. The van der Waals surface area contributed by atoms with Crippen LogP contribution in [-0.2, 0) is 0 Å². The molecule has 2 aliphatic rings. The first-order chi connectivity index (χ1) is 13.2. The average molecular weight is 383 g/mol. The molecule has 2 N–H and O–H groups in total. The van der Waals surface area contributed by atoms with Crippen LogP contribution in [0, 0.1) is 11.8 Å². The Kier molecular flexibility index (Phi) is 4.09. The van der Waals surface area contributed by atoms with Gasteiger partial charge in [0.1, 0.15) is 5.69 Å². The number of rotatable bonds is 3. The third-order valence-electron chi connectivity index (χ3n) is 5.93. The number of aromatic nitrogens is 4. The highest BCUT2D eigenvalue weighted by molar-refractivity contribution is 7.08. The van der Waals surface area contributed by atoms with Gasteiger partial charge >= 0.3 is 0 Å². The SMILES string of the molecule is O=C(c1cc(-c2ccsc2)n[nH]1)N1C[C@H]2C[C@@H](n3ccnc3)[C@H](O)C[C@H]2C1. The van der Waals surface area contributed by atoms with Gasteiger partial charge in [0.05, 0.1) is 24.2 Å². The Morgan fingerprint density at radius 1 is 1.30 bits per heavy atom. The van der Waals surface area contributed by atoms with Crippen molar-refractivity contribution in [2.45, 2.75) is 25.0 Å². The van der Waals surface area contributed by atoms with Gasteiger partial charge in [-0.2, -0.15) is 16.4 Å². The minimum atomic E-state index is -0.396. The molecular formula is C19H21N5O2S. The summed E-state index contributed by atoms with van der Waals surface area (Å²) in [6.07, 6.45) is 6.61. The Morgan fingerprint density at radius 3 is 2.89 bits per heavy atom. The molecule has 1 aliphatic heterocycles.